The quantitative estimate of drug-likeness (QED) is 0.260. The number of anilines is 3. The Morgan fingerprint density at radius 2 is 1.67 bits per heavy atom. The molecule has 3 heterocycles. The zero-order valence-electron chi connectivity index (χ0n) is 23.7. The molecule has 2 aromatic carbocycles. The lowest BCUT2D eigenvalue weighted by Gasteiger charge is -2.34. The maximum atomic E-state index is 14.0. The van der Waals surface area contributed by atoms with E-state index in [0.29, 0.717) is 30.3 Å². The summed E-state index contributed by atoms with van der Waals surface area (Å²) in [7, 11) is 0. The number of hydrogen-bond donors (Lipinski definition) is 2. The highest BCUT2D eigenvalue weighted by Crippen LogP contribution is 2.35. The fourth-order valence-corrected chi connectivity index (χ4v) is 4.70. The third-order valence-electron chi connectivity index (χ3n) is 7.12. The Morgan fingerprint density at radius 1 is 0.930 bits per heavy atom. The van der Waals surface area contributed by atoms with Crippen molar-refractivity contribution in [2.45, 2.75) is 26.6 Å². The van der Waals surface area contributed by atoms with Crippen molar-refractivity contribution in [1.82, 2.24) is 29.7 Å². The van der Waals surface area contributed by atoms with Crippen LogP contribution in [0, 0.1) is 6.92 Å². The number of aryl methyl sites for hydroxylation is 1. The predicted molar refractivity (Wildman–Crippen MR) is 155 cm³/mol. The molecule has 0 atom stereocenters. The first kappa shape index (κ1) is 29.9. The number of carbonyl (C=O) groups excluding carboxylic acids is 1. The fourth-order valence-electron chi connectivity index (χ4n) is 4.70. The van der Waals surface area contributed by atoms with E-state index < -0.39 is 17.6 Å². The van der Waals surface area contributed by atoms with Crippen LogP contribution in [0.4, 0.5) is 30.4 Å². The lowest BCUT2D eigenvalue weighted by atomic mass is 10.0. The highest BCUT2D eigenvalue weighted by molar-refractivity contribution is 6.04. The molecule has 224 valence electrons. The van der Waals surface area contributed by atoms with E-state index >= 15 is 0 Å². The number of ether oxygens (including phenoxy) is 1. The van der Waals surface area contributed by atoms with E-state index in [2.05, 4.69) is 42.4 Å². The molecule has 1 aliphatic heterocycles. The maximum absolute atomic E-state index is 14.0. The van der Waals surface area contributed by atoms with Crippen LogP contribution in [0.1, 0.15) is 34.0 Å². The second kappa shape index (κ2) is 13.1. The first-order valence-electron chi connectivity index (χ1n) is 13.8. The van der Waals surface area contributed by atoms with E-state index in [1.165, 1.54) is 30.9 Å². The molecule has 1 amide bonds. The van der Waals surface area contributed by atoms with Gasteiger partial charge in [0.1, 0.15) is 24.2 Å². The molecule has 0 radical (unpaired) electrons. The SMILES string of the molecule is CCN1CCN(Cc2ccc(NC(=O)c3ccc(C)c(Oc4cc(Nc5cncnc5)ncn4)c3)cc2C(F)(F)F)CC1. The summed E-state index contributed by atoms with van der Waals surface area (Å²) < 4.78 is 48.0. The van der Waals surface area contributed by atoms with Crippen molar-refractivity contribution < 1.29 is 22.7 Å². The monoisotopic (exact) mass is 592 g/mol. The Balaban J connectivity index is 1.29. The van der Waals surface area contributed by atoms with Gasteiger partial charge in [0.15, 0.2) is 0 Å². The van der Waals surface area contributed by atoms with Crippen LogP contribution in [0.3, 0.4) is 0 Å². The maximum Gasteiger partial charge on any atom is 0.416 e. The van der Waals surface area contributed by atoms with Crippen LogP contribution in [-0.4, -0.2) is 68.4 Å². The van der Waals surface area contributed by atoms with Gasteiger partial charge in [-0.25, -0.2) is 19.9 Å². The Hall–Kier alpha value is -4.62. The fraction of sp³-hybridized carbons (Fsp3) is 0.300. The highest BCUT2D eigenvalue weighted by atomic mass is 19.4. The second-order valence-electron chi connectivity index (χ2n) is 10.1. The lowest BCUT2D eigenvalue weighted by molar-refractivity contribution is -0.138. The van der Waals surface area contributed by atoms with Crippen molar-refractivity contribution in [2.75, 3.05) is 43.4 Å². The van der Waals surface area contributed by atoms with E-state index in [4.69, 9.17) is 4.74 Å². The number of nitrogens with one attached hydrogen (secondary N) is 2. The van der Waals surface area contributed by atoms with Crippen LogP contribution in [0.5, 0.6) is 11.6 Å². The van der Waals surface area contributed by atoms with Crippen molar-refractivity contribution in [3.63, 3.8) is 0 Å². The number of benzene rings is 2. The molecule has 1 fully saturated rings. The molecule has 4 aromatic rings. The Labute approximate surface area is 247 Å². The molecule has 0 saturated carbocycles. The normalized spacial score (nSPS) is 14.3. The molecule has 5 rings (SSSR count). The standard InChI is InChI=1S/C30H31F3N8O2/c1-3-40-8-10-41(11-9-40)17-22-6-7-23(13-25(22)30(31,32)33)39-29(42)21-5-4-20(2)26(12-21)43-28-14-27(36-19-37-28)38-24-15-34-18-35-16-24/h4-7,12-16,18-19H,3,8-11,17H2,1-2H3,(H,39,42)(H,36,37,38). The molecular weight excluding hydrogens is 561 g/mol. The van der Waals surface area contributed by atoms with Gasteiger partial charge >= 0.3 is 6.18 Å². The zero-order valence-corrected chi connectivity index (χ0v) is 23.7. The minimum absolute atomic E-state index is 0.0522. The first-order valence-corrected chi connectivity index (χ1v) is 13.8. The van der Waals surface area contributed by atoms with Gasteiger partial charge in [-0.05, 0) is 48.9 Å². The van der Waals surface area contributed by atoms with Gasteiger partial charge in [-0.15, -0.1) is 0 Å². The molecule has 2 N–H and O–H groups in total. The molecular formula is C30H31F3N8O2. The van der Waals surface area contributed by atoms with Crippen LogP contribution >= 0.6 is 0 Å². The number of rotatable bonds is 9. The second-order valence-corrected chi connectivity index (χ2v) is 10.1. The van der Waals surface area contributed by atoms with E-state index in [0.717, 1.165) is 31.3 Å². The highest BCUT2D eigenvalue weighted by Gasteiger charge is 2.34. The number of carbonyl (C=O) groups is 1. The van der Waals surface area contributed by atoms with Gasteiger partial charge in [-0.2, -0.15) is 13.2 Å². The van der Waals surface area contributed by atoms with E-state index in [1.807, 2.05) is 4.90 Å². The summed E-state index contributed by atoms with van der Waals surface area (Å²) >= 11 is 0. The van der Waals surface area contributed by atoms with E-state index in [1.54, 1.807) is 37.5 Å². The van der Waals surface area contributed by atoms with Gasteiger partial charge in [0, 0.05) is 50.0 Å². The number of piperazine rings is 1. The van der Waals surface area contributed by atoms with Crippen molar-refractivity contribution >= 4 is 23.1 Å². The molecule has 1 aliphatic rings. The zero-order chi connectivity index (χ0) is 30.4. The Morgan fingerprint density at radius 3 is 2.40 bits per heavy atom. The van der Waals surface area contributed by atoms with Gasteiger partial charge < -0.3 is 20.3 Å². The van der Waals surface area contributed by atoms with Gasteiger partial charge in [0.2, 0.25) is 5.88 Å². The average molecular weight is 593 g/mol. The summed E-state index contributed by atoms with van der Waals surface area (Å²) in [6.07, 6.45) is 1.33. The molecule has 2 aromatic heterocycles. The molecule has 43 heavy (non-hydrogen) atoms. The van der Waals surface area contributed by atoms with Crippen LogP contribution in [0.25, 0.3) is 0 Å². The summed E-state index contributed by atoms with van der Waals surface area (Å²) in [6, 6.07) is 10.3. The molecule has 13 heteroatoms. The molecule has 0 spiro atoms. The van der Waals surface area contributed by atoms with Gasteiger partial charge in [0.25, 0.3) is 5.91 Å². The molecule has 1 saturated heterocycles. The summed E-state index contributed by atoms with van der Waals surface area (Å²) in [5.41, 5.74) is 1.03. The van der Waals surface area contributed by atoms with E-state index in [9.17, 15) is 18.0 Å². The minimum atomic E-state index is -4.56. The molecule has 0 bridgehead atoms. The van der Waals surface area contributed by atoms with E-state index in [-0.39, 0.29) is 29.2 Å². The summed E-state index contributed by atoms with van der Waals surface area (Å²) in [5, 5.41) is 5.64. The van der Waals surface area contributed by atoms with Gasteiger partial charge in [-0.1, -0.05) is 19.1 Å². The van der Waals surface area contributed by atoms with Crippen molar-refractivity contribution in [1.29, 1.82) is 0 Å². The van der Waals surface area contributed by atoms with Crippen molar-refractivity contribution in [2.24, 2.45) is 0 Å². The van der Waals surface area contributed by atoms with Crippen LogP contribution in [0.15, 0.2) is 67.5 Å². The number of nitrogens with zero attached hydrogens (tertiary/aromatic N) is 6. The number of halogens is 3. The minimum Gasteiger partial charge on any atom is -0.439 e. The number of alkyl halides is 3. The Kier molecular flexibility index (Phi) is 9.12. The number of hydrogen-bond acceptors (Lipinski definition) is 9. The smallest absolute Gasteiger partial charge is 0.416 e. The van der Waals surface area contributed by atoms with Crippen LogP contribution in [-0.2, 0) is 12.7 Å². The van der Waals surface area contributed by atoms with Gasteiger partial charge in [0.05, 0.1) is 23.6 Å². The number of amides is 1. The molecule has 0 unspecified atom stereocenters. The van der Waals surface area contributed by atoms with Gasteiger partial charge in [-0.3, -0.25) is 9.69 Å². The summed E-state index contributed by atoms with van der Waals surface area (Å²) in [6.45, 7) is 8.05. The summed E-state index contributed by atoms with van der Waals surface area (Å²) in [5.74, 6) is 0.445. The first-order chi connectivity index (χ1) is 20.7. The average Bonchev–Trinajstić information content (AvgIpc) is 2.99. The predicted octanol–water partition coefficient (Wildman–Crippen LogP) is 5.52. The van der Waals surface area contributed by atoms with Crippen LogP contribution in [0.2, 0.25) is 0 Å². The third-order valence-corrected chi connectivity index (χ3v) is 7.12. The van der Waals surface area contributed by atoms with Crippen LogP contribution < -0.4 is 15.4 Å². The number of likely N-dealkylation sites (N-methyl/N-ethyl adjacent to an activating group) is 1. The topological polar surface area (TPSA) is 108 Å². The largest absolute Gasteiger partial charge is 0.439 e. The Bertz CT molecular complexity index is 1560. The summed E-state index contributed by atoms with van der Waals surface area (Å²) in [4.78, 5) is 33.6. The third kappa shape index (κ3) is 7.81. The van der Waals surface area contributed by atoms with Crippen molar-refractivity contribution in [3.05, 3.63) is 89.8 Å². The number of aromatic nitrogens is 4. The molecule has 0 aliphatic carbocycles. The lowest BCUT2D eigenvalue weighted by Crippen LogP contribution is -2.45. The van der Waals surface area contributed by atoms with Crippen molar-refractivity contribution in [3.8, 4) is 11.6 Å². The molecule has 10 nitrogen and oxygen atoms in total.